The number of aromatic nitrogens is 3. The van der Waals surface area contributed by atoms with Crippen LogP contribution in [0, 0.1) is 0 Å². The van der Waals surface area contributed by atoms with Gasteiger partial charge in [0.15, 0.2) is 5.82 Å². The maximum Gasteiger partial charge on any atom is 0.416 e. The highest BCUT2D eigenvalue weighted by atomic mass is 19.4. The van der Waals surface area contributed by atoms with Crippen molar-refractivity contribution in [1.82, 2.24) is 15.2 Å². The van der Waals surface area contributed by atoms with Crippen molar-refractivity contribution in [3.05, 3.63) is 66.0 Å². The van der Waals surface area contributed by atoms with Gasteiger partial charge in [0.05, 0.1) is 5.56 Å². The highest BCUT2D eigenvalue weighted by molar-refractivity contribution is 5.57. The Balaban J connectivity index is 1.38. The van der Waals surface area contributed by atoms with Crippen LogP contribution in [0.2, 0.25) is 0 Å². The third kappa shape index (κ3) is 4.27. The lowest BCUT2D eigenvalue weighted by Gasteiger charge is -2.13. The molecule has 3 N–H and O–H groups in total. The molecule has 0 amide bonds. The van der Waals surface area contributed by atoms with Gasteiger partial charge in [0.1, 0.15) is 5.82 Å². The van der Waals surface area contributed by atoms with E-state index in [9.17, 15) is 13.2 Å². The number of nitrogens with one attached hydrogen (secondary N) is 3. The number of aromatic amines is 1. The maximum absolute atomic E-state index is 12.8. The SMILES string of the molecule is FC(F)(F)c1cccc(Nc2cc([C@@H]3CC[C@@H](Nc4ccccn4)C3)[nH]n2)c1. The van der Waals surface area contributed by atoms with Crippen molar-refractivity contribution < 1.29 is 13.2 Å². The number of hydrogen-bond acceptors (Lipinski definition) is 4. The van der Waals surface area contributed by atoms with Gasteiger partial charge in [-0.3, -0.25) is 5.10 Å². The van der Waals surface area contributed by atoms with E-state index < -0.39 is 11.7 Å². The van der Waals surface area contributed by atoms with Gasteiger partial charge in [0.25, 0.3) is 0 Å². The molecule has 0 saturated heterocycles. The molecule has 1 aliphatic rings. The van der Waals surface area contributed by atoms with Crippen LogP contribution in [0.3, 0.4) is 0 Å². The van der Waals surface area contributed by atoms with Crippen LogP contribution in [0.15, 0.2) is 54.7 Å². The molecule has 0 bridgehead atoms. The molecule has 1 aromatic carbocycles. The Morgan fingerprint density at radius 3 is 2.68 bits per heavy atom. The Kier molecular flexibility index (Phi) is 4.93. The second kappa shape index (κ2) is 7.53. The van der Waals surface area contributed by atoms with Crippen molar-refractivity contribution >= 4 is 17.3 Å². The van der Waals surface area contributed by atoms with Gasteiger partial charge in [-0.2, -0.15) is 18.3 Å². The van der Waals surface area contributed by atoms with E-state index in [0.29, 0.717) is 23.5 Å². The summed E-state index contributed by atoms with van der Waals surface area (Å²) in [7, 11) is 0. The van der Waals surface area contributed by atoms with Crippen LogP contribution in [-0.2, 0) is 6.18 Å². The monoisotopic (exact) mass is 387 g/mol. The van der Waals surface area contributed by atoms with Gasteiger partial charge >= 0.3 is 6.18 Å². The molecule has 2 heterocycles. The minimum atomic E-state index is -4.37. The summed E-state index contributed by atoms with van der Waals surface area (Å²) in [6, 6.07) is 13.1. The van der Waals surface area contributed by atoms with Crippen LogP contribution in [-0.4, -0.2) is 21.2 Å². The van der Waals surface area contributed by atoms with Crippen LogP contribution in [0.5, 0.6) is 0 Å². The topological polar surface area (TPSA) is 65.6 Å². The average Bonchev–Trinajstić information content (AvgIpc) is 3.32. The molecule has 1 fully saturated rings. The van der Waals surface area contributed by atoms with Gasteiger partial charge in [-0.25, -0.2) is 4.98 Å². The number of alkyl halides is 3. The van der Waals surface area contributed by atoms with E-state index in [1.807, 2.05) is 24.3 Å². The van der Waals surface area contributed by atoms with Gasteiger partial charge in [-0.1, -0.05) is 12.1 Å². The van der Waals surface area contributed by atoms with Crippen LogP contribution >= 0.6 is 0 Å². The summed E-state index contributed by atoms with van der Waals surface area (Å²) in [6.07, 6.45) is 0.372. The van der Waals surface area contributed by atoms with Crippen LogP contribution in [0.25, 0.3) is 0 Å². The maximum atomic E-state index is 12.8. The number of hydrogen-bond donors (Lipinski definition) is 3. The Morgan fingerprint density at radius 1 is 1.00 bits per heavy atom. The predicted octanol–water partition coefficient (Wildman–Crippen LogP) is 5.32. The fourth-order valence-corrected chi connectivity index (χ4v) is 3.58. The smallest absolute Gasteiger partial charge is 0.367 e. The quantitative estimate of drug-likeness (QED) is 0.555. The molecule has 0 radical (unpaired) electrons. The molecule has 1 saturated carbocycles. The lowest BCUT2D eigenvalue weighted by molar-refractivity contribution is -0.137. The molecule has 146 valence electrons. The predicted molar refractivity (Wildman–Crippen MR) is 102 cm³/mol. The lowest BCUT2D eigenvalue weighted by atomic mass is 10.0. The standard InChI is InChI=1S/C20H20F3N5/c21-20(22,23)14-4-3-5-15(11-14)26-19-12-17(27-28-19)13-7-8-16(10-13)25-18-6-1-2-9-24-18/h1-6,9,11-13,16H,7-8,10H2,(H,24,25)(H2,26,27,28)/t13-,16-/m1/s1. The first kappa shape index (κ1) is 18.3. The zero-order valence-electron chi connectivity index (χ0n) is 15.0. The van der Waals surface area contributed by atoms with Crippen molar-refractivity contribution in [2.24, 2.45) is 0 Å². The molecule has 0 spiro atoms. The van der Waals surface area contributed by atoms with Gasteiger partial charge < -0.3 is 10.6 Å². The molecule has 1 aliphatic carbocycles. The van der Waals surface area contributed by atoms with E-state index in [1.54, 1.807) is 12.3 Å². The number of benzene rings is 1. The average molecular weight is 387 g/mol. The minimum Gasteiger partial charge on any atom is -0.367 e. The largest absolute Gasteiger partial charge is 0.416 e. The van der Waals surface area contributed by atoms with Crippen LogP contribution in [0.1, 0.15) is 36.4 Å². The summed E-state index contributed by atoms with van der Waals surface area (Å²) in [5, 5.41) is 13.6. The van der Waals surface area contributed by atoms with Crippen molar-refractivity contribution in [1.29, 1.82) is 0 Å². The number of nitrogens with zero attached hydrogens (tertiary/aromatic N) is 2. The second-order valence-electron chi connectivity index (χ2n) is 6.98. The molecule has 3 aromatic rings. The molecule has 8 heteroatoms. The van der Waals surface area contributed by atoms with Gasteiger partial charge in [0.2, 0.25) is 0 Å². The van der Waals surface area contributed by atoms with E-state index in [-0.39, 0.29) is 0 Å². The van der Waals surface area contributed by atoms with Crippen LogP contribution in [0.4, 0.5) is 30.5 Å². The molecule has 2 aromatic heterocycles. The summed E-state index contributed by atoms with van der Waals surface area (Å²) in [6.45, 7) is 0. The van der Waals surface area contributed by atoms with E-state index in [2.05, 4.69) is 25.8 Å². The molecule has 28 heavy (non-hydrogen) atoms. The zero-order valence-corrected chi connectivity index (χ0v) is 15.0. The molecule has 4 rings (SSSR count). The van der Waals surface area contributed by atoms with E-state index in [1.165, 1.54) is 6.07 Å². The Labute approximate surface area is 160 Å². The van der Waals surface area contributed by atoms with E-state index in [0.717, 1.165) is 42.9 Å². The molecule has 0 unspecified atom stereocenters. The minimum absolute atomic E-state index is 0.325. The number of pyridine rings is 1. The molecular formula is C20H20F3N5. The second-order valence-corrected chi connectivity index (χ2v) is 6.98. The zero-order chi connectivity index (χ0) is 19.6. The molecular weight excluding hydrogens is 367 g/mol. The van der Waals surface area contributed by atoms with Gasteiger partial charge in [-0.15, -0.1) is 0 Å². The number of rotatable bonds is 5. The van der Waals surface area contributed by atoms with Crippen molar-refractivity contribution in [2.45, 2.75) is 37.4 Å². The van der Waals surface area contributed by atoms with Crippen LogP contribution < -0.4 is 10.6 Å². The van der Waals surface area contributed by atoms with Gasteiger partial charge in [0, 0.05) is 35.6 Å². The first-order valence-electron chi connectivity index (χ1n) is 9.14. The highest BCUT2D eigenvalue weighted by Gasteiger charge is 2.30. The van der Waals surface area contributed by atoms with E-state index >= 15 is 0 Å². The summed E-state index contributed by atoms with van der Waals surface area (Å²) < 4.78 is 38.5. The summed E-state index contributed by atoms with van der Waals surface area (Å²) >= 11 is 0. The first-order valence-corrected chi connectivity index (χ1v) is 9.14. The van der Waals surface area contributed by atoms with Crippen molar-refractivity contribution in [3.63, 3.8) is 0 Å². The molecule has 2 atom stereocenters. The molecule has 0 aliphatic heterocycles. The lowest BCUT2D eigenvalue weighted by Crippen LogP contribution is -2.16. The fraction of sp³-hybridized carbons (Fsp3) is 0.300. The van der Waals surface area contributed by atoms with Gasteiger partial charge in [-0.05, 0) is 49.6 Å². The van der Waals surface area contributed by atoms with E-state index in [4.69, 9.17) is 0 Å². The Morgan fingerprint density at radius 2 is 1.89 bits per heavy atom. The van der Waals surface area contributed by atoms with Crippen molar-refractivity contribution in [2.75, 3.05) is 10.6 Å². The summed E-state index contributed by atoms with van der Waals surface area (Å²) in [4.78, 5) is 4.29. The summed E-state index contributed by atoms with van der Waals surface area (Å²) in [5.74, 6) is 1.70. The highest BCUT2D eigenvalue weighted by Crippen LogP contribution is 2.36. The normalized spacial score (nSPS) is 19.5. The fourth-order valence-electron chi connectivity index (χ4n) is 3.58. The number of halogens is 3. The number of H-pyrrole nitrogens is 1. The first-order chi connectivity index (χ1) is 13.5. The molecule has 5 nitrogen and oxygen atoms in total. The Bertz CT molecular complexity index is 923. The third-order valence-corrected chi connectivity index (χ3v) is 4.95. The van der Waals surface area contributed by atoms with Crippen molar-refractivity contribution in [3.8, 4) is 0 Å². The Hall–Kier alpha value is -3.03. The number of anilines is 3. The summed E-state index contributed by atoms with van der Waals surface area (Å²) in [5.41, 5.74) is 0.654. The third-order valence-electron chi connectivity index (χ3n) is 4.95.